The number of methoxy groups -OCH3 is 1. The highest BCUT2D eigenvalue weighted by Gasteiger charge is 2.12. The van der Waals surface area contributed by atoms with Gasteiger partial charge in [-0.2, -0.15) is 0 Å². The Morgan fingerprint density at radius 1 is 0.900 bits per heavy atom. The Hall–Kier alpha value is -3.54. The SMILES string of the molecule is COc1ccc(OCCn2ccc(=O)c(OCC(=O)c3ccc(C)cc3)c2C)cc1. The molecular formula is C24H25NO5. The number of aryl methyl sites for hydroxylation is 1. The Bertz CT molecular complexity index is 1050. The van der Waals surface area contributed by atoms with Gasteiger partial charge in [-0.3, -0.25) is 9.59 Å². The van der Waals surface area contributed by atoms with E-state index in [0.29, 0.717) is 24.4 Å². The van der Waals surface area contributed by atoms with Crippen molar-refractivity contribution in [2.24, 2.45) is 0 Å². The summed E-state index contributed by atoms with van der Waals surface area (Å²) >= 11 is 0. The third kappa shape index (κ3) is 5.29. The zero-order valence-electron chi connectivity index (χ0n) is 17.4. The second-order valence-corrected chi connectivity index (χ2v) is 6.89. The fourth-order valence-electron chi connectivity index (χ4n) is 2.97. The van der Waals surface area contributed by atoms with Crippen LogP contribution in [0.25, 0.3) is 0 Å². The molecule has 1 heterocycles. The summed E-state index contributed by atoms with van der Waals surface area (Å²) in [4.78, 5) is 24.6. The van der Waals surface area contributed by atoms with Crippen molar-refractivity contribution in [2.45, 2.75) is 20.4 Å². The van der Waals surface area contributed by atoms with Crippen molar-refractivity contribution in [3.63, 3.8) is 0 Å². The van der Waals surface area contributed by atoms with E-state index in [-0.39, 0.29) is 23.6 Å². The first-order valence-electron chi connectivity index (χ1n) is 9.67. The van der Waals surface area contributed by atoms with Gasteiger partial charge in [0, 0.05) is 17.8 Å². The molecule has 0 aliphatic carbocycles. The number of ether oxygens (including phenoxy) is 3. The van der Waals surface area contributed by atoms with Crippen LogP contribution in [0.3, 0.4) is 0 Å². The zero-order valence-corrected chi connectivity index (χ0v) is 17.4. The zero-order chi connectivity index (χ0) is 21.5. The molecule has 156 valence electrons. The molecule has 0 radical (unpaired) electrons. The van der Waals surface area contributed by atoms with E-state index in [1.807, 2.05) is 47.9 Å². The summed E-state index contributed by atoms with van der Waals surface area (Å²) in [6, 6.07) is 16.0. The Morgan fingerprint density at radius 3 is 2.23 bits per heavy atom. The summed E-state index contributed by atoms with van der Waals surface area (Å²) in [6.45, 7) is 4.50. The third-order valence-corrected chi connectivity index (χ3v) is 4.77. The van der Waals surface area contributed by atoms with E-state index in [1.54, 1.807) is 32.4 Å². The van der Waals surface area contributed by atoms with Crippen LogP contribution in [0.4, 0.5) is 0 Å². The van der Waals surface area contributed by atoms with E-state index in [0.717, 1.165) is 17.1 Å². The monoisotopic (exact) mass is 407 g/mol. The average Bonchev–Trinajstić information content (AvgIpc) is 2.76. The van der Waals surface area contributed by atoms with Crippen LogP contribution in [0.5, 0.6) is 17.2 Å². The maximum absolute atomic E-state index is 12.3. The van der Waals surface area contributed by atoms with Gasteiger partial charge in [0.05, 0.1) is 19.3 Å². The van der Waals surface area contributed by atoms with Gasteiger partial charge < -0.3 is 18.8 Å². The van der Waals surface area contributed by atoms with Crippen LogP contribution in [0.15, 0.2) is 65.6 Å². The highest BCUT2D eigenvalue weighted by molar-refractivity contribution is 5.97. The Labute approximate surface area is 175 Å². The van der Waals surface area contributed by atoms with Crippen LogP contribution in [0.2, 0.25) is 0 Å². The summed E-state index contributed by atoms with van der Waals surface area (Å²) in [5.41, 5.74) is 2.03. The molecule has 0 aliphatic rings. The molecule has 6 nitrogen and oxygen atoms in total. The molecule has 1 aromatic heterocycles. The van der Waals surface area contributed by atoms with Crippen LogP contribution in [0, 0.1) is 13.8 Å². The largest absolute Gasteiger partial charge is 0.497 e. The van der Waals surface area contributed by atoms with Crippen molar-refractivity contribution < 1.29 is 19.0 Å². The molecule has 0 aliphatic heterocycles. The second kappa shape index (κ2) is 9.78. The smallest absolute Gasteiger partial charge is 0.223 e. The third-order valence-electron chi connectivity index (χ3n) is 4.77. The number of carbonyl (C=O) groups is 1. The minimum absolute atomic E-state index is 0.174. The number of hydrogen-bond donors (Lipinski definition) is 0. The number of ketones is 1. The van der Waals surface area contributed by atoms with Gasteiger partial charge in [-0.25, -0.2) is 0 Å². The molecule has 0 spiro atoms. The van der Waals surface area contributed by atoms with Gasteiger partial charge in [0.15, 0.2) is 18.1 Å². The van der Waals surface area contributed by atoms with E-state index in [2.05, 4.69) is 0 Å². The lowest BCUT2D eigenvalue weighted by Crippen LogP contribution is -2.20. The van der Waals surface area contributed by atoms with E-state index in [9.17, 15) is 9.59 Å². The number of hydrogen-bond acceptors (Lipinski definition) is 5. The second-order valence-electron chi connectivity index (χ2n) is 6.89. The quantitative estimate of drug-likeness (QED) is 0.505. The molecule has 0 fully saturated rings. The van der Waals surface area contributed by atoms with Crippen LogP contribution in [0.1, 0.15) is 21.6 Å². The van der Waals surface area contributed by atoms with Crippen molar-refractivity contribution in [1.82, 2.24) is 4.57 Å². The van der Waals surface area contributed by atoms with Crippen LogP contribution in [-0.4, -0.2) is 30.7 Å². The van der Waals surface area contributed by atoms with Crippen molar-refractivity contribution >= 4 is 5.78 Å². The first-order valence-corrected chi connectivity index (χ1v) is 9.67. The molecule has 0 saturated carbocycles. The molecule has 0 saturated heterocycles. The Morgan fingerprint density at radius 2 is 1.57 bits per heavy atom. The van der Waals surface area contributed by atoms with Crippen molar-refractivity contribution in [1.29, 1.82) is 0 Å². The molecule has 30 heavy (non-hydrogen) atoms. The fourth-order valence-corrected chi connectivity index (χ4v) is 2.97. The number of rotatable bonds is 9. The number of benzene rings is 2. The summed E-state index contributed by atoms with van der Waals surface area (Å²) in [5.74, 6) is 1.50. The van der Waals surface area contributed by atoms with Gasteiger partial charge in [-0.15, -0.1) is 0 Å². The van der Waals surface area contributed by atoms with Gasteiger partial charge >= 0.3 is 0 Å². The minimum Gasteiger partial charge on any atom is -0.497 e. The Balaban J connectivity index is 1.61. The summed E-state index contributed by atoms with van der Waals surface area (Å²) in [6.07, 6.45) is 1.70. The standard InChI is InChI=1S/C24H25NO5/c1-17-4-6-19(7-5-17)23(27)16-30-24-18(2)25(13-12-22(24)26)14-15-29-21-10-8-20(28-3)9-11-21/h4-13H,14-16H2,1-3H3. The van der Waals surface area contributed by atoms with Crippen molar-refractivity contribution in [3.05, 3.63) is 87.8 Å². The highest BCUT2D eigenvalue weighted by atomic mass is 16.5. The molecule has 0 N–H and O–H groups in total. The number of pyridine rings is 1. The molecule has 3 rings (SSSR count). The Kier molecular flexibility index (Phi) is 6.91. The van der Waals surface area contributed by atoms with Gasteiger partial charge in [-0.1, -0.05) is 29.8 Å². The van der Waals surface area contributed by atoms with Crippen LogP contribution in [-0.2, 0) is 6.54 Å². The molecule has 0 atom stereocenters. The van der Waals surface area contributed by atoms with E-state index in [1.165, 1.54) is 6.07 Å². The van der Waals surface area contributed by atoms with Crippen LogP contribution < -0.4 is 19.6 Å². The molecule has 0 unspecified atom stereocenters. The van der Waals surface area contributed by atoms with E-state index in [4.69, 9.17) is 14.2 Å². The maximum Gasteiger partial charge on any atom is 0.223 e. The number of carbonyl (C=O) groups excluding carboxylic acids is 1. The van der Waals surface area contributed by atoms with Crippen molar-refractivity contribution in [2.75, 3.05) is 20.3 Å². The topological polar surface area (TPSA) is 66.8 Å². The molecule has 0 bridgehead atoms. The molecule has 6 heteroatoms. The molecule has 2 aromatic carbocycles. The number of aromatic nitrogens is 1. The average molecular weight is 407 g/mol. The predicted octanol–water partition coefficient (Wildman–Crippen LogP) is 3.81. The van der Waals surface area contributed by atoms with Gasteiger partial charge in [0.25, 0.3) is 0 Å². The van der Waals surface area contributed by atoms with Gasteiger partial charge in [-0.05, 0) is 38.1 Å². The maximum atomic E-state index is 12.3. The highest BCUT2D eigenvalue weighted by Crippen LogP contribution is 2.17. The lowest BCUT2D eigenvalue weighted by Gasteiger charge is -2.15. The summed E-state index contributed by atoms with van der Waals surface area (Å²) < 4.78 is 18.4. The molecule has 0 amide bonds. The first kappa shape index (κ1) is 21.2. The minimum atomic E-state index is -0.253. The normalized spacial score (nSPS) is 10.5. The molecule has 3 aromatic rings. The van der Waals surface area contributed by atoms with E-state index >= 15 is 0 Å². The van der Waals surface area contributed by atoms with Gasteiger partial charge in [0.1, 0.15) is 18.1 Å². The van der Waals surface area contributed by atoms with E-state index < -0.39 is 0 Å². The van der Waals surface area contributed by atoms with Gasteiger partial charge in [0.2, 0.25) is 5.43 Å². The number of nitrogens with zero attached hydrogens (tertiary/aromatic N) is 1. The lowest BCUT2D eigenvalue weighted by molar-refractivity contribution is 0.0919. The first-order chi connectivity index (χ1) is 14.5. The summed E-state index contributed by atoms with van der Waals surface area (Å²) in [7, 11) is 1.61. The lowest BCUT2D eigenvalue weighted by atomic mass is 10.1. The van der Waals surface area contributed by atoms with Crippen molar-refractivity contribution in [3.8, 4) is 17.2 Å². The summed E-state index contributed by atoms with van der Waals surface area (Å²) in [5, 5.41) is 0. The fraction of sp³-hybridized carbons (Fsp3) is 0.250. The predicted molar refractivity (Wildman–Crippen MR) is 115 cm³/mol. The molecular weight excluding hydrogens is 382 g/mol. The number of Topliss-reactive ketones (excluding diaryl/α,β-unsaturated/α-hetero) is 1. The van der Waals surface area contributed by atoms with Crippen LogP contribution >= 0.6 is 0 Å².